The molecule has 3 fully saturated rings. The number of hydrogen-bond donors (Lipinski definition) is 1. The van der Waals surface area contributed by atoms with Crippen molar-refractivity contribution in [1.29, 1.82) is 0 Å². The molecule has 0 aromatic carbocycles. The van der Waals surface area contributed by atoms with Crippen LogP contribution in [0.3, 0.4) is 0 Å². The Bertz CT molecular complexity index is 739. The predicted octanol–water partition coefficient (Wildman–Crippen LogP) is 3.74. The van der Waals surface area contributed by atoms with Crippen molar-refractivity contribution in [2.75, 3.05) is 49.5 Å². The molecule has 0 atom stereocenters. The third kappa shape index (κ3) is 5.58. The number of anilines is 2. The number of hydrogen-bond acceptors (Lipinski definition) is 5. The monoisotopic (exact) mass is 440 g/mol. The van der Waals surface area contributed by atoms with Crippen LogP contribution in [-0.2, 0) is 0 Å². The molecule has 1 aliphatic carbocycles. The van der Waals surface area contributed by atoms with Gasteiger partial charge in [0.1, 0.15) is 18.0 Å². The largest absolute Gasteiger partial charge is 0.391 e. The summed E-state index contributed by atoms with van der Waals surface area (Å²) in [7, 11) is 0. The summed E-state index contributed by atoms with van der Waals surface area (Å²) in [5, 5.41) is 2.72. The number of alkyl halides is 3. The molecule has 2 aliphatic heterocycles. The molecule has 3 aliphatic rings. The lowest BCUT2D eigenvalue weighted by molar-refractivity contribution is -0.183. The van der Waals surface area contributed by atoms with Gasteiger partial charge in [-0.2, -0.15) is 13.2 Å². The Morgan fingerprint density at radius 2 is 1.61 bits per heavy atom. The number of piperazine rings is 1. The van der Waals surface area contributed by atoms with E-state index in [-0.39, 0.29) is 25.9 Å². The summed E-state index contributed by atoms with van der Waals surface area (Å²) < 4.78 is 38.5. The number of rotatable bonds is 3. The van der Waals surface area contributed by atoms with E-state index in [4.69, 9.17) is 0 Å². The highest BCUT2D eigenvalue weighted by molar-refractivity contribution is 5.88. The molecular weight excluding hydrogens is 409 g/mol. The molecule has 0 unspecified atom stereocenters. The van der Waals surface area contributed by atoms with E-state index in [1.165, 1.54) is 43.3 Å². The van der Waals surface area contributed by atoms with Crippen LogP contribution < -0.4 is 10.2 Å². The van der Waals surface area contributed by atoms with E-state index >= 15 is 0 Å². The molecule has 3 heterocycles. The number of likely N-dealkylation sites (tertiary alicyclic amines) is 1. The summed E-state index contributed by atoms with van der Waals surface area (Å²) in [4.78, 5) is 27.2. The summed E-state index contributed by atoms with van der Waals surface area (Å²) >= 11 is 0. The fraction of sp³-hybridized carbons (Fsp3) is 0.762. The molecule has 7 nitrogen and oxygen atoms in total. The number of urea groups is 1. The molecule has 2 saturated heterocycles. The predicted molar refractivity (Wildman–Crippen MR) is 112 cm³/mol. The van der Waals surface area contributed by atoms with Gasteiger partial charge >= 0.3 is 12.2 Å². The van der Waals surface area contributed by atoms with E-state index in [9.17, 15) is 18.0 Å². The van der Waals surface area contributed by atoms with Gasteiger partial charge in [0.25, 0.3) is 0 Å². The van der Waals surface area contributed by atoms with Crippen LogP contribution in [0.4, 0.5) is 29.6 Å². The average molecular weight is 441 g/mol. The topological polar surface area (TPSA) is 64.6 Å². The molecule has 1 aromatic heterocycles. The molecule has 0 radical (unpaired) electrons. The lowest BCUT2D eigenvalue weighted by Gasteiger charge is -2.41. The SMILES string of the molecule is O=C(Nc1cc(N2CCN(C3CCCCC3)CC2)ncn1)N1CCC(C(F)(F)F)CC1. The van der Waals surface area contributed by atoms with E-state index < -0.39 is 18.1 Å². The highest BCUT2D eigenvalue weighted by atomic mass is 19.4. The molecule has 4 rings (SSSR count). The molecule has 10 heteroatoms. The summed E-state index contributed by atoms with van der Waals surface area (Å²) in [5.74, 6) is -0.179. The average Bonchev–Trinajstić information content (AvgIpc) is 2.79. The smallest absolute Gasteiger partial charge is 0.354 e. The van der Waals surface area contributed by atoms with Gasteiger partial charge < -0.3 is 9.80 Å². The lowest BCUT2D eigenvalue weighted by Crippen LogP contribution is -2.51. The molecule has 0 spiro atoms. The van der Waals surface area contributed by atoms with Crippen LogP contribution in [0.1, 0.15) is 44.9 Å². The maximum Gasteiger partial charge on any atom is 0.391 e. The van der Waals surface area contributed by atoms with Gasteiger partial charge in [-0.15, -0.1) is 0 Å². The Balaban J connectivity index is 1.28. The molecule has 1 saturated carbocycles. The van der Waals surface area contributed by atoms with Gasteiger partial charge in [0.15, 0.2) is 0 Å². The number of halogens is 3. The van der Waals surface area contributed by atoms with Gasteiger partial charge in [-0.05, 0) is 25.7 Å². The van der Waals surface area contributed by atoms with Crippen molar-refractivity contribution in [1.82, 2.24) is 19.8 Å². The van der Waals surface area contributed by atoms with E-state index in [2.05, 4.69) is 25.1 Å². The van der Waals surface area contributed by atoms with Gasteiger partial charge in [-0.3, -0.25) is 10.2 Å². The van der Waals surface area contributed by atoms with Crippen molar-refractivity contribution in [3.63, 3.8) is 0 Å². The molecule has 2 amide bonds. The molecule has 0 bridgehead atoms. The Morgan fingerprint density at radius 3 is 2.26 bits per heavy atom. The summed E-state index contributed by atoms with van der Waals surface area (Å²) in [5.41, 5.74) is 0. The normalized spacial score (nSPS) is 22.5. The molecule has 31 heavy (non-hydrogen) atoms. The highest BCUT2D eigenvalue weighted by Crippen LogP contribution is 2.34. The van der Waals surface area contributed by atoms with Crippen molar-refractivity contribution in [2.24, 2.45) is 5.92 Å². The van der Waals surface area contributed by atoms with Crippen LogP contribution in [0.2, 0.25) is 0 Å². The number of nitrogens with zero attached hydrogens (tertiary/aromatic N) is 5. The van der Waals surface area contributed by atoms with Gasteiger partial charge in [-0.25, -0.2) is 14.8 Å². The first-order valence-corrected chi connectivity index (χ1v) is 11.3. The Hall–Kier alpha value is -2.10. The van der Waals surface area contributed by atoms with Crippen LogP contribution in [0.15, 0.2) is 12.4 Å². The second kappa shape index (κ2) is 9.58. The number of aromatic nitrogens is 2. The van der Waals surface area contributed by atoms with Gasteiger partial charge in [-0.1, -0.05) is 19.3 Å². The van der Waals surface area contributed by atoms with E-state index in [0.29, 0.717) is 11.9 Å². The number of carbonyl (C=O) groups excluding carboxylic acids is 1. The Labute approximate surface area is 181 Å². The molecular formula is C21H31F3N6O. The van der Waals surface area contributed by atoms with Crippen molar-refractivity contribution in [3.8, 4) is 0 Å². The third-order valence-electron chi connectivity index (χ3n) is 6.86. The van der Waals surface area contributed by atoms with E-state index in [1.54, 1.807) is 6.07 Å². The maximum absolute atomic E-state index is 12.8. The van der Waals surface area contributed by atoms with Crippen LogP contribution in [0, 0.1) is 5.92 Å². The fourth-order valence-corrected chi connectivity index (χ4v) is 4.95. The van der Waals surface area contributed by atoms with Crippen molar-refractivity contribution in [2.45, 2.75) is 57.2 Å². The molecule has 172 valence electrons. The molecule has 1 aromatic rings. The van der Waals surface area contributed by atoms with E-state index in [0.717, 1.165) is 32.0 Å². The lowest BCUT2D eigenvalue weighted by atomic mass is 9.94. The Morgan fingerprint density at radius 1 is 0.935 bits per heavy atom. The molecule has 1 N–H and O–H groups in total. The van der Waals surface area contributed by atoms with Gasteiger partial charge in [0.2, 0.25) is 0 Å². The van der Waals surface area contributed by atoms with Crippen LogP contribution in [0.25, 0.3) is 0 Å². The second-order valence-corrected chi connectivity index (χ2v) is 8.81. The van der Waals surface area contributed by atoms with Crippen LogP contribution >= 0.6 is 0 Å². The summed E-state index contributed by atoms with van der Waals surface area (Å²) in [6.45, 7) is 3.96. The third-order valence-corrected chi connectivity index (χ3v) is 6.86. The van der Waals surface area contributed by atoms with Crippen molar-refractivity contribution >= 4 is 17.7 Å². The van der Waals surface area contributed by atoms with E-state index in [1.807, 2.05) is 0 Å². The summed E-state index contributed by atoms with van der Waals surface area (Å²) in [6, 6.07) is 2.04. The minimum atomic E-state index is -4.19. The zero-order valence-corrected chi connectivity index (χ0v) is 17.8. The minimum Gasteiger partial charge on any atom is -0.354 e. The standard InChI is InChI=1S/C21H31F3N6O/c22-21(23,24)16-6-8-30(9-7-16)20(31)27-18-14-19(26-15-25-18)29-12-10-28(11-13-29)17-4-2-1-3-5-17/h14-17H,1-13H2,(H,25,26,27,31). The quantitative estimate of drug-likeness (QED) is 0.776. The van der Waals surface area contributed by atoms with Gasteiger partial charge in [0.05, 0.1) is 5.92 Å². The van der Waals surface area contributed by atoms with Crippen LogP contribution in [-0.4, -0.2) is 77.3 Å². The fourth-order valence-electron chi connectivity index (χ4n) is 4.95. The number of nitrogens with one attached hydrogen (secondary N) is 1. The summed E-state index contributed by atoms with van der Waals surface area (Å²) in [6.07, 6.45) is 3.72. The first kappa shape index (κ1) is 22.1. The second-order valence-electron chi connectivity index (χ2n) is 8.81. The first-order valence-electron chi connectivity index (χ1n) is 11.3. The maximum atomic E-state index is 12.8. The van der Waals surface area contributed by atoms with Crippen LogP contribution in [0.5, 0.6) is 0 Å². The number of amides is 2. The minimum absolute atomic E-state index is 0.0583. The zero-order valence-electron chi connectivity index (χ0n) is 17.8. The van der Waals surface area contributed by atoms with Gasteiger partial charge in [0, 0.05) is 51.4 Å². The first-order chi connectivity index (χ1) is 14.9. The number of carbonyl (C=O) groups is 1. The zero-order chi connectivity index (χ0) is 21.8. The Kier molecular flexibility index (Phi) is 6.83. The number of piperidine rings is 1. The van der Waals surface area contributed by atoms with Crippen molar-refractivity contribution < 1.29 is 18.0 Å². The highest BCUT2D eigenvalue weighted by Gasteiger charge is 2.41. The van der Waals surface area contributed by atoms with Crippen molar-refractivity contribution in [3.05, 3.63) is 12.4 Å².